The fourth-order valence-electron chi connectivity index (χ4n) is 2.66. The summed E-state index contributed by atoms with van der Waals surface area (Å²) in [4.78, 5) is 0.301. The summed E-state index contributed by atoms with van der Waals surface area (Å²) >= 11 is 0. The molecule has 5 heteroatoms. The lowest BCUT2D eigenvalue weighted by molar-refractivity contribution is 0.329. The topological polar surface area (TPSA) is 63.4 Å². The summed E-state index contributed by atoms with van der Waals surface area (Å²) in [5, 5.41) is 0. The zero-order valence-electron chi connectivity index (χ0n) is 10.8. The van der Waals surface area contributed by atoms with E-state index < -0.39 is 10.0 Å². The van der Waals surface area contributed by atoms with Gasteiger partial charge in [-0.25, -0.2) is 8.42 Å². The molecule has 0 saturated carbocycles. The van der Waals surface area contributed by atoms with Crippen LogP contribution in [0.5, 0.6) is 0 Å². The number of hydrogen-bond acceptors (Lipinski definition) is 3. The minimum atomic E-state index is -3.42. The molecule has 1 fully saturated rings. The van der Waals surface area contributed by atoms with Crippen molar-refractivity contribution < 1.29 is 8.42 Å². The van der Waals surface area contributed by atoms with Gasteiger partial charge in [0.15, 0.2) is 0 Å². The van der Waals surface area contributed by atoms with Crippen molar-refractivity contribution in [3.63, 3.8) is 0 Å². The van der Waals surface area contributed by atoms with Gasteiger partial charge in [0, 0.05) is 17.8 Å². The fourth-order valence-corrected chi connectivity index (χ4v) is 4.67. The van der Waals surface area contributed by atoms with Crippen LogP contribution in [0.1, 0.15) is 33.1 Å². The van der Waals surface area contributed by atoms with Gasteiger partial charge in [-0.15, -0.1) is 0 Å². The molecule has 1 aliphatic heterocycles. The average Bonchev–Trinajstić information content (AvgIpc) is 2.71. The molecule has 0 amide bonds. The van der Waals surface area contributed by atoms with Crippen LogP contribution in [0.15, 0.2) is 29.2 Å². The monoisotopic (exact) mass is 268 g/mol. The van der Waals surface area contributed by atoms with Crippen molar-refractivity contribution in [2.75, 3.05) is 5.73 Å². The lowest BCUT2D eigenvalue weighted by atomic mass is 10.2. The molecule has 1 saturated heterocycles. The van der Waals surface area contributed by atoms with Crippen LogP contribution in [-0.2, 0) is 10.0 Å². The largest absolute Gasteiger partial charge is 0.399 e. The van der Waals surface area contributed by atoms with Crippen LogP contribution < -0.4 is 5.73 Å². The Morgan fingerprint density at radius 3 is 2.72 bits per heavy atom. The number of anilines is 1. The standard InChI is InChI=1S/C13H20N2O2S/c1-3-12-8-7-10(2)15(12)18(16,17)13-6-4-5-11(14)9-13/h4-6,9-10,12H,3,7-8,14H2,1-2H3. The van der Waals surface area contributed by atoms with Crippen molar-refractivity contribution in [2.45, 2.75) is 50.1 Å². The number of rotatable bonds is 3. The molecule has 0 aliphatic carbocycles. The van der Waals surface area contributed by atoms with Crippen LogP contribution in [0, 0.1) is 0 Å². The SMILES string of the molecule is CCC1CCC(C)N1S(=O)(=O)c1cccc(N)c1. The lowest BCUT2D eigenvalue weighted by Crippen LogP contribution is -2.39. The van der Waals surface area contributed by atoms with E-state index in [1.165, 1.54) is 6.07 Å². The molecular formula is C13H20N2O2S. The summed E-state index contributed by atoms with van der Waals surface area (Å²) in [5.74, 6) is 0. The minimum absolute atomic E-state index is 0.0707. The van der Waals surface area contributed by atoms with Gasteiger partial charge in [-0.3, -0.25) is 0 Å². The van der Waals surface area contributed by atoms with Crippen molar-refractivity contribution in [1.29, 1.82) is 0 Å². The maximum atomic E-state index is 12.6. The molecule has 0 aromatic heterocycles. The summed E-state index contributed by atoms with van der Waals surface area (Å²) in [5.41, 5.74) is 6.16. The van der Waals surface area contributed by atoms with Gasteiger partial charge in [0.05, 0.1) is 4.90 Å². The van der Waals surface area contributed by atoms with Crippen LogP contribution >= 0.6 is 0 Å². The summed E-state index contributed by atoms with van der Waals surface area (Å²) in [7, 11) is -3.42. The van der Waals surface area contributed by atoms with E-state index in [1.807, 2.05) is 13.8 Å². The number of nitrogens with two attached hydrogens (primary N) is 1. The minimum Gasteiger partial charge on any atom is -0.399 e. The van der Waals surface area contributed by atoms with E-state index in [0.717, 1.165) is 19.3 Å². The third-order valence-electron chi connectivity index (χ3n) is 3.62. The molecule has 1 aliphatic rings. The van der Waals surface area contributed by atoms with E-state index >= 15 is 0 Å². The number of nitrogen functional groups attached to an aromatic ring is 1. The van der Waals surface area contributed by atoms with Crippen LogP contribution in [-0.4, -0.2) is 24.8 Å². The molecule has 2 unspecified atom stereocenters. The van der Waals surface area contributed by atoms with Crippen LogP contribution in [0.2, 0.25) is 0 Å². The number of benzene rings is 1. The Morgan fingerprint density at radius 2 is 2.11 bits per heavy atom. The number of nitrogens with zero attached hydrogens (tertiary/aromatic N) is 1. The molecule has 4 nitrogen and oxygen atoms in total. The second kappa shape index (κ2) is 4.90. The van der Waals surface area contributed by atoms with Gasteiger partial charge in [0.25, 0.3) is 0 Å². The molecule has 1 aromatic carbocycles. The first-order valence-corrected chi connectivity index (χ1v) is 7.80. The van der Waals surface area contributed by atoms with E-state index in [0.29, 0.717) is 10.6 Å². The quantitative estimate of drug-likeness (QED) is 0.855. The Hall–Kier alpha value is -1.07. The molecule has 2 rings (SSSR count). The van der Waals surface area contributed by atoms with Crippen LogP contribution in [0.3, 0.4) is 0 Å². The van der Waals surface area contributed by atoms with Gasteiger partial charge in [-0.2, -0.15) is 4.31 Å². The highest BCUT2D eigenvalue weighted by Crippen LogP contribution is 2.32. The Labute approximate surface area is 109 Å². The molecule has 1 heterocycles. The van der Waals surface area contributed by atoms with Gasteiger partial charge < -0.3 is 5.73 Å². The van der Waals surface area contributed by atoms with Crippen molar-refractivity contribution >= 4 is 15.7 Å². The van der Waals surface area contributed by atoms with Crippen molar-refractivity contribution in [3.8, 4) is 0 Å². The fraction of sp³-hybridized carbons (Fsp3) is 0.538. The molecule has 0 radical (unpaired) electrons. The second-order valence-corrected chi connectivity index (χ2v) is 6.74. The number of hydrogen-bond donors (Lipinski definition) is 1. The van der Waals surface area contributed by atoms with E-state index in [-0.39, 0.29) is 12.1 Å². The van der Waals surface area contributed by atoms with Crippen molar-refractivity contribution in [3.05, 3.63) is 24.3 Å². The Morgan fingerprint density at radius 1 is 1.39 bits per heavy atom. The van der Waals surface area contributed by atoms with E-state index in [9.17, 15) is 8.42 Å². The molecule has 100 valence electrons. The number of sulfonamides is 1. The predicted molar refractivity (Wildman–Crippen MR) is 72.7 cm³/mol. The molecule has 2 N–H and O–H groups in total. The van der Waals surface area contributed by atoms with Gasteiger partial charge in [-0.05, 0) is 44.4 Å². The molecule has 18 heavy (non-hydrogen) atoms. The Kier molecular flexibility index (Phi) is 3.64. The summed E-state index contributed by atoms with van der Waals surface area (Å²) < 4.78 is 26.9. The first kappa shape index (κ1) is 13.4. The van der Waals surface area contributed by atoms with Crippen LogP contribution in [0.25, 0.3) is 0 Å². The second-order valence-electron chi connectivity index (χ2n) is 4.90. The maximum Gasteiger partial charge on any atom is 0.243 e. The highest BCUT2D eigenvalue weighted by molar-refractivity contribution is 7.89. The molecule has 2 atom stereocenters. The van der Waals surface area contributed by atoms with Crippen molar-refractivity contribution in [1.82, 2.24) is 4.31 Å². The highest BCUT2D eigenvalue weighted by Gasteiger charge is 2.38. The molecule has 1 aromatic rings. The van der Waals surface area contributed by atoms with E-state index in [1.54, 1.807) is 22.5 Å². The smallest absolute Gasteiger partial charge is 0.243 e. The van der Waals surface area contributed by atoms with Gasteiger partial charge in [0.2, 0.25) is 10.0 Å². The van der Waals surface area contributed by atoms with E-state index in [2.05, 4.69) is 0 Å². The zero-order chi connectivity index (χ0) is 13.3. The zero-order valence-corrected chi connectivity index (χ0v) is 11.7. The maximum absolute atomic E-state index is 12.6. The van der Waals surface area contributed by atoms with Gasteiger partial charge >= 0.3 is 0 Å². The van der Waals surface area contributed by atoms with Crippen molar-refractivity contribution in [2.24, 2.45) is 0 Å². The first-order chi connectivity index (χ1) is 8.46. The molecular weight excluding hydrogens is 248 g/mol. The molecule has 0 spiro atoms. The average molecular weight is 268 g/mol. The first-order valence-electron chi connectivity index (χ1n) is 6.36. The van der Waals surface area contributed by atoms with Gasteiger partial charge in [0.1, 0.15) is 0 Å². The van der Waals surface area contributed by atoms with Crippen LogP contribution in [0.4, 0.5) is 5.69 Å². The predicted octanol–water partition coefficient (Wildman–Crippen LogP) is 2.22. The molecule has 0 bridgehead atoms. The Balaban J connectivity index is 2.42. The lowest BCUT2D eigenvalue weighted by Gasteiger charge is -2.27. The Bertz CT molecular complexity index is 528. The van der Waals surface area contributed by atoms with Gasteiger partial charge in [-0.1, -0.05) is 13.0 Å². The highest BCUT2D eigenvalue weighted by atomic mass is 32.2. The third-order valence-corrected chi connectivity index (χ3v) is 5.68. The third kappa shape index (κ3) is 2.24. The normalized spacial score (nSPS) is 25.4. The van der Waals surface area contributed by atoms with E-state index in [4.69, 9.17) is 5.73 Å². The summed E-state index contributed by atoms with van der Waals surface area (Å²) in [6.45, 7) is 4.00. The summed E-state index contributed by atoms with van der Waals surface area (Å²) in [6, 6.07) is 6.72. The summed E-state index contributed by atoms with van der Waals surface area (Å²) in [6.07, 6.45) is 2.73.